The summed E-state index contributed by atoms with van der Waals surface area (Å²) in [5.74, 6) is 0. The summed E-state index contributed by atoms with van der Waals surface area (Å²) in [6, 6.07) is 20.5. The summed E-state index contributed by atoms with van der Waals surface area (Å²) in [6.07, 6.45) is 2.86. The van der Waals surface area contributed by atoms with Crippen LogP contribution < -0.4 is 10.4 Å². The molecule has 25 heavy (non-hydrogen) atoms. The van der Waals surface area contributed by atoms with Gasteiger partial charge in [0.2, 0.25) is 0 Å². The fraction of sp³-hybridized carbons (Fsp3) is 0.294. The zero-order valence-corrected chi connectivity index (χ0v) is 19.9. The van der Waals surface area contributed by atoms with Gasteiger partial charge in [0, 0.05) is 0 Å². The van der Waals surface area contributed by atoms with Crippen molar-refractivity contribution in [3.63, 3.8) is 0 Å². The van der Waals surface area contributed by atoms with Crippen LogP contribution in [0.2, 0.25) is 6.04 Å². The van der Waals surface area contributed by atoms with Crippen LogP contribution in [0, 0.1) is 0 Å². The molecule has 1 saturated heterocycles. The zero-order valence-electron chi connectivity index (χ0n) is 13.4. The molecule has 0 radical (unpaired) electrons. The maximum atomic E-state index is 6.49. The summed E-state index contributed by atoms with van der Waals surface area (Å²) in [5.41, 5.74) is 0. The average molecular weight is 491 g/mol. The molecule has 0 spiro atoms. The fourth-order valence-corrected chi connectivity index (χ4v) is 9.39. The first-order valence-electron chi connectivity index (χ1n) is 7.91. The lowest BCUT2D eigenvalue weighted by Gasteiger charge is -2.34. The van der Waals surface area contributed by atoms with E-state index in [1.54, 1.807) is 0 Å². The van der Waals surface area contributed by atoms with Crippen LogP contribution in [0.3, 0.4) is 0 Å². The van der Waals surface area contributed by atoms with Crippen LogP contribution in [-0.2, 0) is 0 Å². The first-order valence-corrected chi connectivity index (χ1v) is 16.9. The van der Waals surface area contributed by atoms with Gasteiger partial charge < -0.3 is 0 Å². The minimum absolute atomic E-state index is 0.745. The van der Waals surface area contributed by atoms with Gasteiger partial charge in [-0.3, -0.25) is 0 Å². The Morgan fingerprint density at radius 2 is 1.20 bits per heavy atom. The summed E-state index contributed by atoms with van der Waals surface area (Å²) in [6.45, 7) is -4.85. The molecule has 1 fully saturated rings. The van der Waals surface area contributed by atoms with E-state index in [9.17, 15) is 0 Å². The van der Waals surface area contributed by atoms with E-state index in [2.05, 4.69) is 0 Å². The van der Waals surface area contributed by atoms with E-state index in [4.69, 9.17) is 67.5 Å². The predicted molar refractivity (Wildman–Crippen MR) is 120 cm³/mol. The summed E-state index contributed by atoms with van der Waals surface area (Å²) < 4.78 is -0.811. The molecular formula is C17H18Cl6Si2. The Morgan fingerprint density at radius 1 is 0.760 bits per heavy atom. The number of alkyl halides is 2. The average Bonchev–Trinajstić information content (AvgIpc) is 2.60. The lowest BCUT2D eigenvalue weighted by molar-refractivity contribution is 0.684. The molecule has 1 aliphatic heterocycles. The van der Waals surface area contributed by atoms with Crippen LogP contribution >= 0.6 is 67.5 Å². The molecule has 0 nitrogen and oxygen atoms in total. The maximum Gasteiger partial charge on any atom is 0.310 e. The van der Waals surface area contributed by atoms with Crippen molar-refractivity contribution >= 4 is 91.3 Å². The third kappa shape index (κ3) is 5.79. The topological polar surface area (TPSA) is 0 Å². The summed E-state index contributed by atoms with van der Waals surface area (Å²) in [5, 5.41) is 2.05. The van der Waals surface area contributed by atoms with Crippen molar-refractivity contribution in [2.45, 2.75) is 29.3 Å². The molecule has 0 amide bonds. The molecule has 2 aromatic rings. The lowest BCUT2D eigenvalue weighted by Crippen LogP contribution is -2.48. The van der Waals surface area contributed by atoms with Crippen LogP contribution in [0.1, 0.15) is 19.3 Å². The molecule has 8 heteroatoms. The molecule has 0 aliphatic carbocycles. The maximum absolute atomic E-state index is 6.49. The van der Waals surface area contributed by atoms with E-state index >= 15 is 0 Å². The fourth-order valence-electron chi connectivity index (χ4n) is 2.52. The van der Waals surface area contributed by atoms with Gasteiger partial charge in [0.15, 0.2) is 0 Å². The SMILES string of the molecule is ClC1(Cl)CCCC[Si]1(Cl)Cl.Cl[Si](Cl)(c1ccccc1)c1ccccc1. The Kier molecular flexibility index (Phi) is 8.07. The second-order valence-corrected chi connectivity index (χ2v) is 21.5. The molecule has 2 aromatic carbocycles. The number of benzene rings is 2. The van der Waals surface area contributed by atoms with Crippen molar-refractivity contribution in [2.24, 2.45) is 0 Å². The summed E-state index contributed by atoms with van der Waals surface area (Å²) in [4.78, 5) is 0. The molecule has 0 atom stereocenters. The van der Waals surface area contributed by atoms with Crippen LogP contribution in [0.25, 0.3) is 0 Å². The van der Waals surface area contributed by atoms with Gasteiger partial charge in [0.05, 0.1) is 0 Å². The standard InChI is InChI=1S/C12H10Cl2Si.C5H8Cl4Si/c13-15(14,11-7-3-1-4-8-11)12-9-5-2-6-10-12;6-5(7)3-1-2-4-10(5,8)9/h1-10H;1-4H2. The third-order valence-corrected chi connectivity index (χ3v) is 17.6. The lowest BCUT2D eigenvalue weighted by atomic mass is 10.3. The van der Waals surface area contributed by atoms with Crippen LogP contribution in [0.5, 0.6) is 0 Å². The Hall–Kier alpha value is 0.614. The van der Waals surface area contributed by atoms with Gasteiger partial charge in [0.1, 0.15) is 3.96 Å². The zero-order chi connectivity index (χ0) is 18.6. The minimum Gasteiger partial charge on any atom is -0.143 e. The number of halogens is 6. The predicted octanol–water partition coefficient (Wildman–Crippen LogP) is 6.52. The highest BCUT2D eigenvalue weighted by Gasteiger charge is 2.51. The van der Waals surface area contributed by atoms with Crippen LogP contribution in [0.15, 0.2) is 60.7 Å². The smallest absolute Gasteiger partial charge is 0.143 e. The molecule has 0 N–H and O–H groups in total. The van der Waals surface area contributed by atoms with E-state index in [1.807, 2.05) is 60.7 Å². The van der Waals surface area contributed by atoms with E-state index in [-0.39, 0.29) is 0 Å². The largest absolute Gasteiger partial charge is 0.310 e. The second-order valence-electron chi connectivity index (χ2n) is 5.92. The van der Waals surface area contributed by atoms with Gasteiger partial charge in [-0.15, -0.1) is 67.5 Å². The Morgan fingerprint density at radius 3 is 1.52 bits per heavy atom. The molecule has 0 unspecified atom stereocenters. The summed E-state index contributed by atoms with van der Waals surface area (Å²) >= 11 is 36.8. The normalized spacial score (nSPS) is 18.8. The van der Waals surface area contributed by atoms with Crippen molar-refractivity contribution in [3.05, 3.63) is 60.7 Å². The van der Waals surface area contributed by atoms with E-state index in [1.165, 1.54) is 0 Å². The van der Waals surface area contributed by atoms with Gasteiger partial charge in [-0.1, -0.05) is 73.5 Å². The number of hydrogen-bond acceptors (Lipinski definition) is 0. The second kappa shape index (κ2) is 9.21. The van der Waals surface area contributed by atoms with Crippen LogP contribution in [-0.4, -0.2) is 17.3 Å². The first-order chi connectivity index (χ1) is 11.7. The van der Waals surface area contributed by atoms with Crippen LogP contribution in [0.4, 0.5) is 0 Å². The minimum atomic E-state index is -2.51. The van der Waals surface area contributed by atoms with E-state index in [0.717, 1.165) is 35.7 Å². The molecule has 0 bridgehead atoms. The van der Waals surface area contributed by atoms with E-state index < -0.39 is 17.3 Å². The van der Waals surface area contributed by atoms with Gasteiger partial charge >= 0.3 is 6.69 Å². The molecule has 1 aliphatic rings. The van der Waals surface area contributed by atoms with Crippen molar-refractivity contribution in [1.82, 2.24) is 0 Å². The number of rotatable bonds is 2. The molecule has 3 rings (SSSR count). The number of hydrogen-bond donors (Lipinski definition) is 0. The van der Waals surface area contributed by atoms with Crippen molar-refractivity contribution in [2.75, 3.05) is 0 Å². The molecule has 0 aromatic heterocycles. The Balaban J connectivity index is 0.000000196. The van der Waals surface area contributed by atoms with E-state index in [0.29, 0.717) is 0 Å². The molecule has 136 valence electrons. The Labute approximate surface area is 180 Å². The summed E-state index contributed by atoms with van der Waals surface area (Å²) in [7, 11) is 0. The monoisotopic (exact) mass is 488 g/mol. The third-order valence-electron chi connectivity index (χ3n) is 4.04. The molecular weight excluding hydrogens is 473 g/mol. The highest BCUT2D eigenvalue weighted by atomic mass is 35.7. The highest BCUT2D eigenvalue weighted by molar-refractivity contribution is 7.56. The highest BCUT2D eigenvalue weighted by Crippen LogP contribution is 2.48. The molecule has 1 heterocycles. The molecule has 0 saturated carbocycles. The quantitative estimate of drug-likeness (QED) is 0.255. The van der Waals surface area contributed by atoms with Crippen molar-refractivity contribution < 1.29 is 0 Å². The van der Waals surface area contributed by atoms with Gasteiger partial charge in [-0.05, 0) is 22.8 Å². The van der Waals surface area contributed by atoms with Crippen molar-refractivity contribution in [1.29, 1.82) is 0 Å². The van der Waals surface area contributed by atoms with Gasteiger partial charge in [-0.25, -0.2) is 0 Å². The van der Waals surface area contributed by atoms with Gasteiger partial charge in [0.25, 0.3) is 6.69 Å². The van der Waals surface area contributed by atoms with Crippen molar-refractivity contribution in [3.8, 4) is 0 Å². The first kappa shape index (κ1) is 21.9. The Bertz CT molecular complexity index is 604. The van der Waals surface area contributed by atoms with Gasteiger partial charge in [-0.2, -0.15) is 0 Å².